The molecule has 0 aromatic heterocycles. The van der Waals surface area contributed by atoms with Crippen LogP contribution in [0.1, 0.15) is 24.0 Å². The standard InChI is InChI=1S/C22H24N2O4/c1-14-5-3-6-18(15(14)2)24-13-16(11-21(24)25)22(26)23-17-7-8-19-20(12-17)28-10-4-9-27-19/h3,5-8,12,16H,4,9-11,13H2,1-2H3,(H,23,26). The minimum Gasteiger partial charge on any atom is -0.490 e. The Morgan fingerprint density at radius 1 is 1.11 bits per heavy atom. The lowest BCUT2D eigenvalue weighted by atomic mass is 10.1. The lowest BCUT2D eigenvalue weighted by molar-refractivity contribution is -0.122. The second-order valence-corrected chi connectivity index (χ2v) is 7.33. The third-order valence-corrected chi connectivity index (χ3v) is 5.38. The molecule has 6 nitrogen and oxygen atoms in total. The SMILES string of the molecule is Cc1cccc(N2CC(C(=O)Nc3ccc4c(c3)OCCCO4)CC2=O)c1C. The van der Waals surface area contributed by atoms with Crippen molar-refractivity contribution in [2.45, 2.75) is 26.7 Å². The average Bonchev–Trinajstić information content (AvgIpc) is 2.91. The third kappa shape index (κ3) is 3.54. The van der Waals surface area contributed by atoms with E-state index in [0.29, 0.717) is 36.9 Å². The van der Waals surface area contributed by atoms with Gasteiger partial charge in [-0.3, -0.25) is 9.59 Å². The van der Waals surface area contributed by atoms with Gasteiger partial charge in [0, 0.05) is 36.8 Å². The Morgan fingerprint density at radius 3 is 2.71 bits per heavy atom. The highest BCUT2D eigenvalue weighted by Crippen LogP contribution is 2.33. The number of anilines is 2. The highest BCUT2D eigenvalue weighted by molar-refractivity contribution is 6.04. The topological polar surface area (TPSA) is 67.9 Å². The van der Waals surface area contributed by atoms with E-state index in [1.807, 2.05) is 32.0 Å². The number of nitrogens with one attached hydrogen (secondary N) is 1. The van der Waals surface area contributed by atoms with Crippen molar-refractivity contribution in [1.82, 2.24) is 0 Å². The number of aryl methyl sites for hydroxylation is 1. The van der Waals surface area contributed by atoms with Gasteiger partial charge in [-0.1, -0.05) is 12.1 Å². The van der Waals surface area contributed by atoms with Crippen LogP contribution in [-0.2, 0) is 9.59 Å². The summed E-state index contributed by atoms with van der Waals surface area (Å²) in [4.78, 5) is 27.0. The molecule has 6 heteroatoms. The molecule has 2 heterocycles. The van der Waals surface area contributed by atoms with Crippen molar-refractivity contribution in [2.24, 2.45) is 5.92 Å². The molecule has 2 aromatic rings. The second kappa shape index (κ2) is 7.54. The van der Waals surface area contributed by atoms with E-state index >= 15 is 0 Å². The summed E-state index contributed by atoms with van der Waals surface area (Å²) in [7, 11) is 0. The first kappa shape index (κ1) is 18.3. The largest absolute Gasteiger partial charge is 0.490 e. The van der Waals surface area contributed by atoms with Crippen LogP contribution in [0.4, 0.5) is 11.4 Å². The molecule has 1 N–H and O–H groups in total. The zero-order chi connectivity index (χ0) is 19.7. The van der Waals surface area contributed by atoms with Gasteiger partial charge in [0.15, 0.2) is 11.5 Å². The van der Waals surface area contributed by atoms with Crippen molar-refractivity contribution in [3.05, 3.63) is 47.5 Å². The number of nitrogens with zero attached hydrogens (tertiary/aromatic N) is 1. The van der Waals surface area contributed by atoms with Gasteiger partial charge in [0.1, 0.15) is 0 Å². The third-order valence-electron chi connectivity index (χ3n) is 5.38. The highest BCUT2D eigenvalue weighted by atomic mass is 16.5. The molecule has 2 aliphatic heterocycles. The van der Waals surface area contributed by atoms with Gasteiger partial charge in [-0.05, 0) is 43.2 Å². The van der Waals surface area contributed by atoms with Crippen LogP contribution < -0.4 is 19.7 Å². The number of ether oxygens (including phenoxy) is 2. The number of carbonyl (C=O) groups is 2. The normalized spacial score (nSPS) is 18.7. The van der Waals surface area contributed by atoms with E-state index in [1.165, 1.54) is 0 Å². The molecule has 146 valence electrons. The molecule has 2 amide bonds. The molecule has 2 aliphatic rings. The van der Waals surface area contributed by atoms with Gasteiger partial charge in [-0.2, -0.15) is 0 Å². The maximum Gasteiger partial charge on any atom is 0.229 e. The number of hydrogen-bond donors (Lipinski definition) is 1. The Kier molecular flexibility index (Phi) is 4.94. The lowest BCUT2D eigenvalue weighted by Crippen LogP contribution is -2.28. The molecule has 4 rings (SSSR count). The average molecular weight is 380 g/mol. The number of benzene rings is 2. The minimum absolute atomic E-state index is 0.0208. The summed E-state index contributed by atoms with van der Waals surface area (Å²) in [6, 6.07) is 11.3. The van der Waals surface area contributed by atoms with Crippen molar-refractivity contribution < 1.29 is 19.1 Å². The van der Waals surface area contributed by atoms with Gasteiger partial charge in [-0.15, -0.1) is 0 Å². The van der Waals surface area contributed by atoms with Gasteiger partial charge in [0.05, 0.1) is 19.1 Å². The van der Waals surface area contributed by atoms with E-state index in [0.717, 1.165) is 23.2 Å². The maximum atomic E-state index is 12.8. The zero-order valence-electron chi connectivity index (χ0n) is 16.2. The zero-order valence-corrected chi connectivity index (χ0v) is 16.2. The van der Waals surface area contributed by atoms with Gasteiger partial charge in [0.2, 0.25) is 11.8 Å². The molecule has 28 heavy (non-hydrogen) atoms. The van der Waals surface area contributed by atoms with Crippen LogP contribution in [0.25, 0.3) is 0 Å². The fourth-order valence-electron chi connectivity index (χ4n) is 3.63. The Labute approximate surface area is 164 Å². The van der Waals surface area contributed by atoms with Crippen LogP contribution in [0, 0.1) is 19.8 Å². The van der Waals surface area contributed by atoms with Gasteiger partial charge < -0.3 is 19.7 Å². The first-order valence-corrected chi connectivity index (χ1v) is 9.60. The molecule has 0 spiro atoms. The monoisotopic (exact) mass is 380 g/mol. The van der Waals surface area contributed by atoms with E-state index in [1.54, 1.807) is 23.1 Å². The predicted octanol–water partition coefficient (Wildman–Crippen LogP) is 3.46. The molecule has 2 aromatic carbocycles. The number of hydrogen-bond acceptors (Lipinski definition) is 4. The molecule has 1 fully saturated rings. The molecule has 1 unspecified atom stereocenters. The second-order valence-electron chi connectivity index (χ2n) is 7.33. The summed E-state index contributed by atoms with van der Waals surface area (Å²) in [5.74, 6) is 0.758. The van der Waals surface area contributed by atoms with Crippen LogP contribution in [0.15, 0.2) is 36.4 Å². The van der Waals surface area contributed by atoms with Crippen LogP contribution in [0.5, 0.6) is 11.5 Å². The van der Waals surface area contributed by atoms with Gasteiger partial charge in [-0.25, -0.2) is 0 Å². The summed E-state index contributed by atoms with van der Waals surface area (Å²) < 4.78 is 11.3. The van der Waals surface area contributed by atoms with Gasteiger partial charge in [0.25, 0.3) is 0 Å². The van der Waals surface area contributed by atoms with Crippen molar-refractivity contribution >= 4 is 23.2 Å². The molecule has 1 atom stereocenters. The summed E-state index contributed by atoms with van der Waals surface area (Å²) in [6.45, 7) is 5.62. The fraction of sp³-hybridized carbons (Fsp3) is 0.364. The quantitative estimate of drug-likeness (QED) is 0.886. The van der Waals surface area contributed by atoms with Gasteiger partial charge >= 0.3 is 0 Å². The van der Waals surface area contributed by atoms with Crippen LogP contribution >= 0.6 is 0 Å². The lowest BCUT2D eigenvalue weighted by Gasteiger charge is -2.20. The smallest absolute Gasteiger partial charge is 0.229 e. The molecule has 0 saturated carbocycles. The first-order valence-electron chi connectivity index (χ1n) is 9.60. The fourth-order valence-corrected chi connectivity index (χ4v) is 3.63. The summed E-state index contributed by atoms with van der Waals surface area (Å²) >= 11 is 0. The van der Waals surface area contributed by atoms with Crippen molar-refractivity contribution in [3.63, 3.8) is 0 Å². The van der Waals surface area contributed by atoms with Crippen LogP contribution in [-0.4, -0.2) is 31.6 Å². The Morgan fingerprint density at radius 2 is 1.89 bits per heavy atom. The molecular formula is C22H24N2O4. The predicted molar refractivity (Wildman–Crippen MR) is 107 cm³/mol. The summed E-state index contributed by atoms with van der Waals surface area (Å²) in [5, 5.41) is 2.92. The number of fused-ring (bicyclic) bond motifs is 1. The molecule has 0 aliphatic carbocycles. The number of rotatable bonds is 3. The maximum absolute atomic E-state index is 12.8. The van der Waals surface area contributed by atoms with Crippen LogP contribution in [0.2, 0.25) is 0 Å². The van der Waals surface area contributed by atoms with E-state index in [4.69, 9.17) is 9.47 Å². The number of amides is 2. The van der Waals surface area contributed by atoms with Crippen LogP contribution in [0.3, 0.4) is 0 Å². The summed E-state index contributed by atoms with van der Waals surface area (Å²) in [6.07, 6.45) is 1.04. The minimum atomic E-state index is -0.386. The highest BCUT2D eigenvalue weighted by Gasteiger charge is 2.35. The molecule has 0 radical (unpaired) electrons. The Balaban J connectivity index is 1.47. The number of carbonyl (C=O) groups excluding carboxylic acids is 2. The Hall–Kier alpha value is -3.02. The van der Waals surface area contributed by atoms with E-state index in [2.05, 4.69) is 5.32 Å². The molecule has 0 bridgehead atoms. The van der Waals surface area contributed by atoms with E-state index in [-0.39, 0.29) is 24.2 Å². The molecular weight excluding hydrogens is 356 g/mol. The van der Waals surface area contributed by atoms with Crippen molar-refractivity contribution in [1.29, 1.82) is 0 Å². The van der Waals surface area contributed by atoms with E-state index in [9.17, 15) is 9.59 Å². The van der Waals surface area contributed by atoms with Crippen molar-refractivity contribution in [2.75, 3.05) is 30.0 Å². The Bertz CT molecular complexity index is 925. The summed E-state index contributed by atoms with van der Waals surface area (Å²) in [5.41, 5.74) is 3.73. The van der Waals surface area contributed by atoms with Crippen molar-refractivity contribution in [3.8, 4) is 11.5 Å². The van der Waals surface area contributed by atoms with E-state index < -0.39 is 0 Å². The molecule has 1 saturated heterocycles. The first-order chi connectivity index (χ1) is 13.5.